The van der Waals surface area contributed by atoms with Crippen LogP contribution in [0.5, 0.6) is 0 Å². The van der Waals surface area contributed by atoms with Crippen molar-refractivity contribution in [2.75, 3.05) is 13.7 Å². The van der Waals surface area contributed by atoms with Crippen molar-refractivity contribution in [1.29, 1.82) is 0 Å². The van der Waals surface area contributed by atoms with E-state index in [2.05, 4.69) is 15.6 Å². The van der Waals surface area contributed by atoms with E-state index in [1.165, 1.54) is 0 Å². The SMILES string of the molecule is COCc1cn(CC[C@@H]2CC[C@@H](NC(=O)c3ccccc3)[C@H](CO)O2)nn1. The van der Waals surface area contributed by atoms with Gasteiger partial charge < -0.3 is 19.9 Å². The van der Waals surface area contributed by atoms with Crippen LogP contribution in [0.4, 0.5) is 0 Å². The number of ether oxygens (including phenoxy) is 2. The highest BCUT2D eigenvalue weighted by atomic mass is 16.5. The molecule has 0 unspecified atom stereocenters. The smallest absolute Gasteiger partial charge is 0.251 e. The summed E-state index contributed by atoms with van der Waals surface area (Å²) >= 11 is 0. The van der Waals surface area contributed by atoms with Gasteiger partial charge in [-0.3, -0.25) is 9.48 Å². The number of nitrogens with zero attached hydrogens (tertiary/aromatic N) is 3. The molecule has 1 aliphatic heterocycles. The minimum atomic E-state index is -0.406. The Morgan fingerprint density at radius 2 is 2.19 bits per heavy atom. The number of carbonyl (C=O) groups is 1. The third kappa shape index (κ3) is 5.35. The lowest BCUT2D eigenvalue weighted by atomic mass is 9.96. The van der Waals surface area contributed by atoms with Gasteiger partial charge in [-0.05, 0) is 31.4 Å². The minimum absolute atomic E-state index is 0.0158. The molecule has 1 fully saturated rings. The molecule has 3 atom stereocenters. The first-order valence-electron chi connectivity index (χ1n) is 9.19. The van der Waals surface area contributed by atoms with Gasteiger partial charge in [0, 0.05) is 19.2 Å². The zero-order valence-electron chi connectivity index (χ0n) is 15.5. The predicted molar refractivity (Wildman–Crippen MR) is 98.0 cm³/mol. The first-order valence-corrected chi connectivity index (χ1v) is 9.19. The fraction of sp³-hybridized carbons (Fsp3) is 0.526. The molecular weight excluding hydrogens is 348 g/mol. The molecule has 1 aliphatic rings. The van der Waals surface area contributed by atoms with Gasteiger partial charge >= 0.3 is 0 Å². The van der Waals surface area contributed by atoms with E-state index in [1.54, 1.807) is 23.9 Å². The fourth-order valence-electron chi connectivity index (χ4n) is 3.29. The van der Waals surface area contributed by atoms with Crippen LogP contribution in [0.3, 0.4) is 0 Å². The van der Waals surface area contributed by atoms with Gasteiger partial charge in [0.1, 0.15) is 11.8 Å². The summed E-state index contributed by atoms with van der Waals surface area (Å²) in [5.74, 6) is -0.144. The van der Waals surface area contributed by atoms with Crippen LogP contribution in [0.25, 0.3) is 0 Å². The number of benzene rings is 1. The van der Waals surface area contributed by atoms with Gasteiger partial charge in [-0.1, -0.05) is 23.4 Å². The summed E-state index contributed by atoms with van der Waals surface area (Å²) in [6.07, 6.45) is 3.82. The van der Waals surface area contributed by atoms with E-state index in [0.29, 0.717) is 18.7 Å². The number of amides is 1. The molecular formula is C19H26N4O4. The Kier molecular flexibility index (Phi) is 6.92. The number of hydrogen-bond acceptors (Lipinski definition) is 6. The van der Waals surface area contributed by atoms with Crippen molar-refractivity contribution in [2.45, 2.75) is 50.7 Å². The van der Waals surface area contributed by atoms with Crippen molar-refractivity contribution < 1.29 is 19.4 Å². The van der Waals surface area contributed by atoms with Crippen LogP contribution in [-0.4, -0.2) is 58.0 Å². The molecule has 1 saturated heterocycles. The van der Waals surface area contributed by atoms with E-state index in [9.17, 15) is 9.90 Å². The highest BCUT2D eigenvalue weighted by Crippen LogP contribution is 2.22. The predicted octanol–water partition coefficient (Wildman–Crippen LogP) is 1.15. The zero-order valence-corrected chi connectivity index (χ0v) is 15.5. The Hall–Kier alpha value is -2.29. The molecule has 1 aromatic heterocycles. The average Bonchev–Trinajstić information content (AvgIpc) is 3.15. The summed E-state index contributed by atoms with van der Waals surface area (Å²) in [6.45, 7) is 0.993. The second kappa shape index (κ2) is 9.59. The Bertz CT molecular complexity index is 722. The summed E-state index contributed by atoms with van der Waals surface area (Å²) < 4.78 is 12.8. The molecule has 0 radical (unpaired) electrons. The van der Waals surface area contributed by atoms with E-state index in [4.69, 9.17) is 9.47 Å². The lowest BCUT2D eigenvalue weighted by Crippen LogP contribution is -2.51. The molecule has 8 nitrogen and oxygen atoms in total. The summed E-state index contributed by atoms with van der Waals surface area (Å²) in [7, 11) is 1.62. The van der Waals surface area contributed by atoms with Crippen LogP contribution in [-0.2, 0) is 22.6 Å². The van der Waals surface area contributed by atoms with Gasteiger partial charge in [-0.2, -0.15) is 0 Å². The molecule has 0 saturated carbocycles. The van der Waals surface area contributed by atoms with Crippen molar-refractivity contribution >= 4 is 5.91 Å². The first-order chi connectivity index (χ1) is 13.2. The maximum absolute atomic E-state index is 12.3. The van der Waals surface area contributed by atoms with Gasteiger partial charge in [-0.25, -0.2) is 0 Å². The first kappa shape index (κ1) is 19.5. The summed E-state index contributed by atoms with van der Waals surface area (Å²) in [6, 6.07) is 8.87. The molecule has 0 aliphatic carbocycles. The van der Waals surface area contributed by atoms with Crippen LogP contribution >= 0.6 is 0 Å². The number of carbonyl (C=O) groups excluding carboxylic acids is 1. The number of hydrogen-bond donors (Lipinski definition) is 2. The number of aryl methyl sites for hydroxylation is 1. The van der Waals surface area contributed by atoms with Crippen molar-refractivity contribution in [3.63, 3.8) is 0 Å². The number of aliphatic hydroxyl groups is 1. The minimum Gasteiger partial charge on any atom is -0.394 e. The lowest BCUT2D eigenvalue weighted by Gasteiger charge is -2.36. The Morgan fingerprint density at radius 3 is 2.93 bits per heavy atom. The number of rotatable bonds is 8. The Balaban J connectivity index is 1.49. The lowest BCUT2D eigenvalue weighted by molar-refractivity contribution is -0.0912. The number of aromatic nitrogens is 3. The maximum Gasteiger partial charge on any atom is 0.251 e. The normalized spacial score (nSPS) is 22.5. The topological polar surface area (TPSA) is 98.5 Å². The van der Waals surface area contributed by atoms with E-state index < -0.39 is 6.10 Å². The Morgan fingerprint density at radius 1 is 1.37 bits per heavy atom. The molecule has 27 heavy (non-hydrogen) atoms. The van der Waals surface area contributed by atoms with E-state index in [0.717, 1.165) is 25.0 Å². The van der Waals surface area contributed by atoms with Crippen LogP contribution in [0.15, 0.2) is 36.5 Å². The van der Waals surface area contributed by atoms with Gasteiger partial charge in [-0.15, -0.1) is 5.10 Å². The van der Waals surface area contributed by atoms with Crippen LogP contribution < -0.4 is 5.32 Å². The summed E-state index contributed by atoms with van der Waals surface area (Å²) in [5, 5.41) is 20.8. The molecule has 2 aromatic rings. The van der Waals surface area contributed by atoms with Crippen molar-refractivity contribution in [2.24, 2.45) is 0 Å². The largest absolute Gasteiger partial charge is 0.394 e. The molecule has 0 bridgehead atoms. The standard InChI is InChI=1S/C19H26N4O4/c1-26-13-15-11-23(22-21-15)10-9-16-7-8-17(18(12-24)27-16)20-19(25)14-5-3-2-4-6-14/h2-6,11,16-18,24H,7-10,12-13H2,1H3,(H,20,25)/t16-,17+,18-/m0/s1. The summed E-state index contributed by atoms with van der Waals surface area (Å²) in [4.78, 5) is 12.3. The molecule has 1 aromatic carbocycles. The highest BCUT2D eigenvalue weighted by Gasteiger charge is 2.32. The maximum atomic E-state index is 12.3. The van der Waals surface area contributed by atoms with Crippen LogP contribution in [0.2, 0.25) is 0 Å². The molecule has 8 heteroatoms. The molecule has 3 rings (SSSR count). The molecule has 0 spiro atoms. The molecule has 1 amide bonds. The number of methoxy groups -OCH3 is 1. The van der Waals surface area contributed by atoms with Gasteiger partial charge in [0.15, 0.2) is 0 Å². The van der Waals surface area contributed by atoms with Crippen molar-refractivity contribution in [3.8, 4) is 0 Å². The van der Waals surface area contributed by atoms with Gasteiger partial charge in [0.05, 0.1) is 31.6 Å². The number of aliphatic hydroxyl groups excluding tert-OH is 1. The zero-order chi connectivity index (χ0) is 19.1. The van der Waals surface area contributed by atoms with E-state index >= 15 is 0 Å². The van der Waals surface area contributed by atoms with E-state index in [-0.39, 0.29) is 24.7 Å². The molecule has 2 heterocycles. The third-order valence-electron chi connectivity index (χ3n) is 4.71. The molecule has 146 valence electrons. The molecule has 2 N–H and O–H groups in total. The quantitative estimate of drug-likeness (QED) is 0.719. The van der Waals surface area contributed by atoms with Gasteiger partial charge in [0.25, 0.3) is 5.91 Å². The third-order valence-corrected chi connectivity index (χ3v) is 4.71. The van der Waals surface area contributed by atoms with Gasteiger partial charge in [0.2, 0.25) is 0 Å². The summed E-state index contributed by atoms with van der Waals surface area (Å²) in [5.41, 5.74) is 1.40. The second-order valence-corrected chi connectivity index (χ2v) is 6.70. The highest BCUT2D eigenvalue weighted by molar-refractivity contribution is 5.94. The van der Waals surface area contributed by atoms with Crippen LogP contribution in [0, 0.1) is 0 Å². The number of nitrogens with one attached hydrogen (secondary N) is 1. The van der Waals surface area contributed by atoms with E-state index in [1.807, 2.05) is 24.4 Å². The fourth-order valence-corrected chi connectivity index (χ4v) is 3.29. The average molecular weight is 374 g/mol. The van der Waals surface area contributed by atoms with Crippen molar-refractivity contribution in [3.05, 3.63) is 47.8 Å². The monoisotopic (exact) mass is 374 g/mol. The Labute approximate surface area is 158 Å². The van der Waals surface area contributed by atoms with Crippen LogP contribution in [0.1, 0.15) is 35.3 Å². The van der Waals surface area contributed by atoms with Crippen molar-refractivity contribution in [1.82, 2.24) is 20.3 Å². The second-order valence-electron chi connectivity index (χ2n) is 6.70.